The Morgan fingerprint density at radius 1 is 1.16 bits per heavy atom. The van der Waals surface area contributed by atoms with Crippen LogP contribution in [-0.2, 0) is 13.6 Å². The van der Waals surface area contributed by atoms with Crippen molar-refractivity contribution < 1.29 is 0 Å². The van der Waals surface area contributed by atoms with Crippen LogP contribution < -0.4 is 15.5 Å². The maximum absolute atomic E-state index is 4.83. The zero-order valence-electron chi connectivity index (χ0n) is 20.0. The molecule has 32 heavy (non-hydrogen) atoms. The molecule has 0 bridgehead atoms. The van der Waals surface area contributed by atoms with E-state index in [1.54, 1.807) is 0 Å². The van der Waals surface area contributed by atoms with Gasteiger partial charge in [-0.25, -0.2) is 4.99 Å². The summed E-state index contributed by atoms with van der Waals surface area (Å²) in [6, 6.07) is 11.0. The molecule has 0 amide bonds. The monoisotopic (exact) mass is 553 g/mol. The van der Waals surface area contributed by atoms with Crippen molar-refractivity contribution in [3.63, 3.8) is 0 Å². The highest BCUT2D eigenvalue weighted by Crippen LogP contribution is 2.26. The second-order valence-electron chi connectivity index (χ2n) is 8.69. The number of aliphatic imine (C=N–C) groups is 1. The van der Waals surface area contributed by atoms with Crippen LogP contribution in [0, 0.1) is 12.8 Å². The predicted molar refractivity (Wildman–Crippen MR) is 144 cm³/mol. The van der Waals surface area contributed by atoms with Gasteiger partial charge < -0.3 is 20.1 Å². The van der Waals surface area contributed by atoms with Crippen LogP contribution in [0.25, 0.3) is 0 Å². The first-order valence-corrected chi connectivity index (χ1v) is 11.7. The van der Waals surface area contributed by atoms with Crippen LogP contribution in [-0.4, -0.2) is 46.9 Å². The van der Waals surface area contributed by atoms with Crippen LogP contribution in [0.4, 0.5) is 5.69 Å². The number of nitrogens with one attached hydrogen (secondary N) is 2. The van der Waals surface area contributed by atoms with Crippen molar-refractivity contribution in [2.75, 3.05) is 25.0 Å². The summed E-state index contributed by atoms with van der Waals surface area (Å²) in [6.07, 6.45) is 7.40. The lowest BCUT2D eigenvalue weighted by Gasteiger charge is -2.29. The van der Waals surface area contributed by atoms with Crippen molar-refractivity contribution >= 4 is 35.6 Å². The minimum absolute atomic E-state index is 0. The summed E-state index contributed by atoms with van der Waals surface area (Å²) >= 11 is 0. The van der Waals surface area contributed by atoms with Crippen molar-refractivity contribution in [1.82, 2.24) is 25.4 Å². The maximum Gasteiger partial charge on any atom is 0.191 e. The molecule has 1 heterocycles. The number of rotatable bonds is 9. The average Bonchev–Trinajstić information content (AvgIpc) is 3.13. The molecule has 0 aliphatic heterocycles. The number of hydrogen-bond donors (Lipinski definition) is 2. The van der Waals surface area contributed by atoms with Crippen LogP contribution in [0.3, 0.4) is 0 Å². The minimum atomic E-state index is 0. The smallest absolute Gasteiger partial charge is 0.191 e. The Morgan fingerprint density at radius 2 is 1.88 bits per heavy atom. The Balaban J connectivity index is 0.00000363. The molecular formula is C24H40IN7. The molecule has 2 aromatic rings. The second kappa shape index (κ2) is 13.6. The molecular weight excluding hydrogens is 513 g/mol. The van der Waals surface area contributed by atoms with E-state index in [4.69, 9.17) is 4.99 Å². The van der Waals surface area contributed by atoms with E-state index < -0.39 is 0 Å². The van der Waals surface area contributed by atoms with Crippen LogP contribution in [0.5, 0.6) is 0 Å². The number of aryl methyl sites for hydroxylation is 1. The van der Waals surface area contributed by atoms with Crippen molar-refractivity contribution in [3.05, 3.63) is 42.0 Å². The molecule has 7 nitrogen and oxygen atoms in total. The van der Waals surface area contributed by atoms with Gasteiger partial charge in [-0.2, -0.15) is 0 Å². The fourth-order valence-electron chi connectivity index (χ4n) is 4.13. The van der Waals surface area contributed by atoms with Gasteiger partial charge in [-0.05, 0) is 57.1 Å². The van der Waals surface area contributed by atoms with Gasteiger partial charge in [-0.15, -0.1) is 34.2 Å². The molecule has 3 rings (SSSR count). The quantitative estimate of drug-likeness (QED) is 0.210. The highest BCUT2D eigenvalue weighted by Gasteiger charge is 2.20. The molecule has 0 saturated heterocycles. The highest BCUT2D eigenvalue weighted by molar-refractivity contribution is 14.0. The lowest BCUT2D eigenvalue weighted by Crippen LogP contribution is -2.45. The van der Waals surface area contributed by atoms with E-state index in [0.29, 0.717) is 12.6 Å². The molecule has 1 aliphatic rings. The summed E-state index contributed by atoms with van der Waals surface area (Å²) in [6.45, 7) is 6.68. The summed E-state index contributed by atoms with van der Waals surface area (Å²) in [7, 11) is 4.14. The summed E-state index contributed by atoms with van der Waals surface area (Å²) < 4.78 is 2.00. The van der Waals surface area contributed by atoms with Gasteiger partial charge in [-0.3, -0.25) is 0 Å². The molecule has 2 N–H and O–H groups in total. The summed E-state index contributed by atoms with van der Waals surface area (Å²) in [5.41, 5.74) is 1.25. The van der Waals surface area contributed by atoms with Crippen molar-refractivity contribution in [2.24, 2.45) is 18.0 Å². The van der Waals surface area contributed by atoms with Crippen LogP contribution in [0.1, 0.15) is 57.1 Å². The molecule has 1 fully saturated rings. The van der Waals surface area contributed by atoms with Gasteiger partial charge in [0.15, 0.2) is 11.8 Å². The molecule has 0 spiro atoms. The topological polar surface area (TPSA) is 70.4 Å². The van der Waals surface area contributed by atoms with Gasteiger partial charge in [-0.1, -0.05) is 31.5 Å². The number of aromatic nitrogens is 3. The molecule has 1 aromatic heterocycles. The summed E-state index contributed by atoms with van der Waals surface area (Å²) in [4.78, 5) is 7.13. The van der Waals surface area contributed by atoms with E-state index in [1.165, 1.54) is 37.8 Å². The molecule has 1 aliphatic carbocycles. The van der Waals surface area contributed by atoms with Crippen molar-refractivity contribution in [2.45, 2.75) is 65.0 Å². The Kier molecular flexibility index (Phi) is 11.3. The van der Waals surface area contributed by atoms with Gasteiger partial charge in [0.25, 0.3) is 0 Å². The molecule has 0 radical (unpaired) electrons. The van der Waals surface area contributed by atoms with Gasteiger partial charge in [0.2, 0.25) is 0 Å². The molecule has 0 atom stereocenters. The van der Waals surface area contributed by atoms with Gasteiger partial charge in [0, 0.05) is 38.9 Å². The first-order valence-electron chi connectivity index (χ1n) is 11.7. The number of nitrogens with zero attached hydrogens (tertiary/aromatic N) is 5. The number of halogens is 1. The Morgan fingerprint density at radius 3 is 2.50 bits per heavy atom. The third-order valence-electron chi connectivity index (χ3n) is 6.49. The number of hydrogen-bond acceptors (Lipinski definition) is 4. The molecule has 1 aromatic carbocycles. The SMILES string of the molecule is CCC1CCC(NC(=NCc2nnc(C)n2C)NCCCN(C)c2ccccc2)CC1.I. The fourth-order valence-corrected chi connectivity index (χ4v) is 4.13. The molecule has 178 valence electrons. The number of para-hydroxylation sites is 1. The number of guanidine groups is 1. The van der Waals surface area contributed by atoms with E-state index in [1.807, 2.05) is 18.5 Å². The average molecular weight is 554 g/mol. The van der Waals surface area contributed by atoms with E-state index in [9.17, 15) is 0 Å². The fraction of sp³-hybridized carbons (Fsp3) is 0.625. The third-order valence-corrected chi connectivity index (χ3v) is 6.49. The zero-order valence-corrected chi connectivity index (χ0v) is 22.4. The highest BCUT2D eigenvalue weighted by atomic mass is 127. The standard InChI is InChI=1S/C24H39N7.HI/c1-5-20-12-14-21(15-13-20)27-24(26-18-23-29-28-19(2)31(23)4)25-16-9-17-30(3)22-10-7-6-8-11-22;/h6-8,10-11,20-21H,5,9,12-18H2,1-4H3,(H2,25,26,27);1H. The third kappa shape index (κ3) is 7.94. The predicted octanol–water partition coefficient (Wildman–Crippen LogP) is 4.27. The lowest BCUT2D eigenvalue weighted by atomic mass is 9.84. The number of benzene rings is 1. The van der Waals surface area contributed by atoms with E-state index in [0.717, 1.165) is 43.0 Å². The lowest BCUT2D eigenvalue weighted by molar-refractivity contribution is 0.304. The second-order valence-corrected chi connectivity index (χ2v) is 8.69. The van der Waals surface area contributed by atoms with E-state index in [2.05, 4.69) is 70.0 Å². The van der Waals surface area contributed by atoms with Gasteiger partial charge in [0.1, 0.15) is 12.4 Å². The number of anilines is 1. The van der Waals surface area contributed by atoms with Crippen LogP contribution >= 0.6 is 24.0 Å². The zero-order chi connectivity index (χ0) is 22.1. The largest absolute Gasteiger partial charge is 0.375 e. The molecule has 8 heteroatoms. The Hall–Kier alpha value is -1.84. The summed E-state index contributed by atoms with van der Waals surface area (Å²) in [5, 5.41) is 15.6. The Bertz CT molecular complexity index is 813. The van der Waals surface area contributed by atoms with Gasteiger partial charge >= 0.3 is 0 Å². The van der Waals surface area contributed by atoms with Crippen molar-refractivity contribution in [1.29, 1.82) is 0 Å². The van der Waals surface area contributed by atoms with Gasteiger partial charge in [0.05, 0.1) is 0 Å². The Labute approximate surface area is 210 Å². The molecule has 0 unspecified atom stereocenters. The summed E-state index contributed by atoms with van der Waals surface area (Å²) in [5.74, 6) is 3.58. The molecule has 1 saturated carbocycles. The van der Waals surface area contributed by atoms with Crippen molar-refractivity contribution in [3.8, 4) is 0 Å². The minimum Gasteiger partial charge on any atom is -0.375 e. The van der Waals surface area contributed by atoms with Crippen LogP contribution in [0.2, 0.25) is 0 Å². The first kappa shape index (κ1) is 26.4. The van der Waals surface area contributed by atoms with E-state index >= 15 is 0 Å². The van der Waals surface area contributed by atoms with E-state index in [-0.39, 0.29) is 24.0 Å². The first-order chi connectivity index (χ1) is 15.1. The maximum atomic E-state index is 4.83. The van der Waals surface area contributed by atoms with Crippen LogP contribution in [0.15, 0.2) is 35.3 Å². The normalized spacial score (nSPS) is 18.7.